The van der Waals surface area contributed by atoms with Gasteiger partial charge in [-0.05, 0) is 27.7 Å². The number of hydrogen-bond donors (Lipinski definition) is 5. The van der Waals surface area contributed by atoms with E-state index >= 15 is 0 Å². The first-order valence-corrected chi connectivity index (χ1v) is 10.8. The lowest BCUT2D eigenvalue weighted by Gasteiger charge is -2.48. The van der Waals surface area contributed by atoms with Crippen molar-refractivity contribution in [2.45, 2.75) is 108 Å². The Hall–Kier alpha value is -1.42. The monoisotopic (exact) mass is 481 g/mol. The number of hydrogen-bond acceptors (Lipinski definition) is 12. The van der Waals surface area contributed by atoms with Gasteiger partial charge in [-0.1, -0.05) is 0 Å². The van der Waals surface area contributed by atoms with Gasteiger partial charge in [0.25, 0.3) is 6.47 Å². The van der Waals surface area contributed by atoms with E-state index in [4.69, 9.17) is 28.4 Å². The van der Waals surface area contributed by atoms with Crippen molar-refractivity contribution in [1.29, 1.82) is 0 Å². The molecule has 1 amide bonds. The summed E-state index contributed by atoms with van der Waals surface area (Å²) in [7, 11) is 0. The number of rotatable bonds is 10. The van der Waals surface area contributed by atoms with Crippen LogP contribution in [0, 0.1) is 0 Å². The largest absolute Gasteiger partial charge is 0.435 e. The van der Waals surface area contributed by atoms with E-state index in [-0.39, 0.29) is 12.6 Å². The molecule has 10 atom stereocenters. The van der Waals surface area contributed by atoms with E-state index in [1.165, 1.54) is 6.92 Å². The zero-order valence-electron chi connectivity index (χ0n) is 19.3. The Balaban J connectivity index is 2.31. The van der Waals surface area contributed by atoms with Crippen LogP contribution in [0.3, 0.4) is 0 Å². The third kappa shape index (κ3) is 7.04. The molecule has 2 fully saturated rings. The molecule has 2 rings (SSSR count). The van der Waals surface area contributed by atoms with Crippen LogP contribution in [0.5, 0.6) is 0 Å². The summed E-state index contributed by atoms with van der Waals surface area (Å²) in [6.07, 6.45) is -13.3. The molecule has 13 nitrogen and oxygen atoms in total. The molecule has 4 unspecified atom stereocenters. The molecule has 2 heterocycles. The molecule has 2 aliphatic heterocycles. The normalized spacial score (nSPS) is 39.5. The molecule has 2 saturated heterocycles. The SMILES string of the molecule is CC(=O)NC1[C@H](OC(C)C)OC(CO)[C@H](O)[C@@H]1O[C@@H]1OC(OC=O)[C@@H](OC(C)C)[C@H](O)C1O. The first kappa shape index (κ1) is 27.8. The van der Waals surface area contributed by atoms with Crippen LogP contribution in [-0.2, 0) is 38.0 Å². The third-order valence-corrected chi connectivity index (χ3v) is 5.04. The quantitative estimate of drug-likeness (QED) is 0.212. The Labute approximate surface area is 191 Å². The average molecular weight is 481 g/mol. The molecule has 0 radical (unpaired) electrons. The van der Waals surface area contributed by atoms with E-state index in [1.54, 1.807) is 27.7 Å². The maximum Gasteiger partial charge on any atom is 0.295 e. The van der Waals surface area contributed by atoms with Gasteiger partial charge in [0.1, 0.15) is 42.7 Å². The Morgan fingerprint density at radius 3 is 2.09 bits per heavy atom. The molecule has 0 saturated carbocycles. The summed E-state index contributed by atoms with van der Waals surface area (Å²) in [5.41, 5.74) is 0. The van der Waals surface area contributed by atoms with Gasteiger partial charge in [-0.25, -0.2) is 0 Å². The van der Waals surface area contributed by atoms with Crippen molar-refractivity contribution in [2.24, 2.45) is 0 Å². The van der Waals surface area contributed by atoms with Crippen LogP contribution in [0.2, 0.25) is 0 Å². The molecule has 33 heavy (non-hydrogen) atoms. The number of carbonyl (C=O) groups is 2. The van der Waals surface area contributed by atoms with Gasteiger partial charge in [0, 0.05) is 6.92 Å². The molecular weight excluding hydrogens is 446 g/mol. The second-order valence-corrected chi connectivity index (χ2v) is 8.46. The van der Waals surface area contributed by atoms with Crippen molar-refractivity contribution < 1.29 is 58.4 Å². The van der Waals surface area contributed by atoms with Crippen molar-refractivity contribution in [2.75, 3.05) is 6.61 Å². The van der Waals surface area contributed by atoms with E-state index in [9.17, 15) is 30.0 Å². The van der Waals surface area contributed by atoms with Gasteiger partial charge in [-0.15, -0.1) is 0 Å². The second-order valence-electron chi connectivity index (χ2n) is 8.46. The molecule has 192 valence electrons. The number of ether oxygens (including phenoxy) is 6. The van der Waals surface area contributed by atoms with Gasteiger partial charge >= 0.3 is 0 Å². The fourth-order valence-corrected chi connectivity index (χ4v) is 3.70. The van der Waals surface area contributed by atoms with Gasteiger partial charge in [0.2, 0.25) is 12.2 Å². The number of carbonyl (C=O) groups excluding carboxylic acids is 2. The van der Waals surface area contributed by atoms with Crippen LogP contribution in [0.4, 0.5) is 0 Å². The summed E-state index contributed by atoms with van der Waals surface area (Å²) in [6.45, 7) is 7.56. The summed E-state index contributed by atoms with van der Waals surface area (Å²) in [6, 6.07) is -1.08. The lowest BCUT2D eigenvalue weighted by Crippen LogP contribution is -2.68. The average Bonchev–Trinajstić information content (AvgIpc) is 2.72. The predicted molar refractivity (Wildman–Crippen MR) is 108 cm³/mol. The van der Waals surface area contributed by atoms with Crippen molar-refractivity contribution in [3.05, 3.63) is 0 Å². The molecule has 0 aromatic carbocycles. The third-order valence-electron chi connectivity index (χ3n) is 5.04. The Kier molecular flexibility index (Phi) is 10.4. The summed E-state index contributed by atoms with van der Waals surface area (Å²) < 4.78 is 33.0. The lowest BCUT2D eigenvalue weighted by atomic mass is 9.95. The van der Waals surface area contributed by atoms with Crippen molar-refractivity contribution >= 4 is 12.4 Å². The highest BCUT2D eigenvalue weighted by Gasteiger charge is 2.53. The van der Waals surface area contributed by atoms with Gasteiger partial charge in [0.15, 0.2) is 12.6 Å². The van der Waals surface area contributed by atoms with Crippen molar-refractivity contribution in [1.82, 2.24) is 5.32 Å². The van der Waals surface area contributed by atoms with Gasteiger partial charge in [-0.3, -0.25) is 9.59 Å². The zero-order valence-corrected chi connectivity index (χ0v) is 19.3. The van der Waals surface area contributed by atoms with Crippen molar-refractivity contribution in [3.63, 3.8) is 0 Å². The van der Waals surface area contributed by atoms with Crippen LogP contribution >= 0.6 is 0 Å². The van der Waals surface area contributed by atoms with Gasteiger partial charge in [-0.2, -0.15) is 0 Å². The molecule has 13 heteroatoms. The van der Waals surface area contributed by atoms with E-state index < -0.39 is 80.2 Å². The van der Waals surface area contributed by atoms with E-state index in [1.807, 2.05) is 0 Å². The zero-order chi connectivity index (χ0) is 24.9. The van der Waals surface area contributed by atoms with Crippen LogP contribution in [0.1, 0.15) is 34.6 Å². The summed E-state index contributed by atoms with van der Waals surface area (Å²) in [5, 5.41) is 44.2. The van der Waals surface area contributed by atoms with E-state index in [2.05, 4.69) is 5.32 Å². The standard InChI is InChI=1S/C20H35NO12/c1-8(2)29-17-14(26)15(27)19(33-20(17)28-7-23)32-16-12(21-10(5)24)18(30-9(3)4)31-11(6-22)13(16)25/h7-9,11-20,22,25-27H,6H2,1-5H3,(H,21,24)/t11?,12?,13-,14+,15?,16+,17-,18+,19+,20?/m0/s1. The van der Waals surface area contributed by atoms with Gasteiger partial charge < -0.3 is 54.2 Å². The Morgan fingerprint density at radius 2 is 1.58 bits per heavy atom. The van der Waals surface area contributed by atoms with Crippen LogP contribution in [0.15, 0.2) is 0 Å². The van der Waals surface area contributed by atoms with Crippen LogP contribution in [0.25, 0.3) is 0 Å². The number of aliphatic hydroxyl groups is 4. The first-order chi connectivity index (χ1) is 15.5. The molecular formula is C20H35NO12. The maximum absolute atomic E-state index is 11.8. The predicted octanol–water partition coefficient (Wildman–Crippen LogP) is -2.25. The highest BCUT2D eigenvalue weighted by Crippen LogP contribution is 2.31. The van der Waals surface area contributed by atoms with E-state index in [0.29, 0.717) is 0 Å². The van der Waals surface area contributed by atoms with Crippen molar-refractivity contribution in [3.8, 4) is 0 Å². The summed E-state index contributed by atoms with van der Waals surface area (Å²) in [4.78, 5) is 22.8. The number of aliphatic hydroxyl groups excluding tert-OH is 4. The molecule has 0 aliphatic carbocycles. The maximum atomic E-state index is 11.8. The minimum atomic E-state index is -1.68. The van der Waals surface area contributed by atoms with Gasteiger partial charge in [0.05, 0.1) is 18.8 Å². The number of amides is 1. The topological polar surface area (TPSA) is 182 Å². The summed E-state index contributed by atoms with van der Waals surface area (Å²) >= 11 is 0. The van der Waals surface area contributed by atoms with E-state index in [0.717, 1.165) is 0 Å². The first-order valence-electron chi connectivity index (χ1n) is 10.8. The molecule has 0 aromatic heterocycles. The summed E-state index contributed by atoms with van der Waals surface area (Å²) in [5.74, 6) is -0.484. The smallest absolute Gasteiger partial charge is 0.295 e. The highest BCUT2D eigenvalue weighted by molar-refractivity contribution is 5.73. The fraction of sp³-hybridized carbons (Fsp3) is 0.900. The minimum absolute atomic E-state index is 0.0978. The Bertz CT molecular complexity index is 634. The molecule has 5 N–H and O–H groups in total. The van der Waals surface area contributed by atoms with Crippen LogP contribution in [-0.4, -0.2) is 113 Å². The molecule has 0 aromatic rings. The second kappa shape index (κ2) is 12.3. The molecule has 0 spiro atoms. The fourth-order valence-electron chi connectivity index (χ4n) is 3.70. The minimum Gasteiger partial charge on any atom is -0.435 e. The Morgan fingerprint density at radius 1 is 0.939 bits per heavy atom. The van der Waals surface area contributed by atoms with Crippen LogP contribution < -0.4 is 5.32 Å². The molecule has 0 bridgehead atoms. The highest BCUT2D eigenvalue weighted by atomic mass is 16.8. The molecule has 2 aliphatic rings. The lowest BCUT2D eigenvalue weighted by molar-refractivity contribution is -0.374. The number of nitrogens with one attached hydrogen (secondary N) is 1.